The number of rotatable bonds is 6. The maximum atomic E-state index is 13.1. The Hall–Kier alpha value is -3.92. The molecule has 32 heavy (non-hydrogen) atoms. The maximum Gasteiger partial charge on any atom is 0.261 e. The van der Waals surface area contributed by atoms with Crippen molar-refractivity contribution in [3.63, 3.8) is 0 Å². The van der Waals surface area contributed by atoms with E-state index in [0.29, 0.717) is 28.2 Å². The predicted molar refractivity (Wildman–Crippen MR) is 125 cm³/mol. The zero-order chi connectivity index (χ0) is 22.1. The average Bonchev–Trinajstić information content (AvgIpc) is 3.37. The smallest absolute Gasteiger partial charge is 0.261 e. The van der Waals surface area contributed by atoms with E-state index < -0.39 is 0 Å². The Morgan fingerprint density at radius 1 is 1.16 bits per heavy atom. The predicted octanol–water partition coefficient (Wildman–Crippen LogP) is 2.96. The first kappa shape index (κ1) is 20.0. The van der Waals surface area contributed by atoms with Crippen molar-refractivity contribution in [1.29, 1.82) is 0 Å². The first-order valence-corrected chi connectivity index (χ1v) is 11.3. The number of carbonyl (C=O) groups is 1. The number of imidazole rings is 1. The fourth-order valence-corrected chi connectivity index (χ4v) is 4.15. The third kappa shape index (κ3) is 3.54. The van der Waals surface area contributed by atoms with E-state index in [9.17, 15) is 9.59 Å². The molecule has 1 amide bonds. The van der Waals surface area contributed by atoms with Gasteiger partial charge in [0.05, 0.1) is 40.7 Å². The van der Waals surface area contributed by atoms with Crippen LogP contribution in [0.1, 0.15) is 5.82 Å². The van der Waals surface area contributed by atoms with Crippen molar-refractivity contribution in [3.8, 4) is 5.69 Å². The normalized spacial score (nSPS) is 11.3. The molecule has 0 atom stereocenters. The summed E-state index contributed by atoms with van der Waals surface area (Å²) in [4.78, 5) is 36.5. The number of hydrogen-bond donors (Lipinski definition) is 2. The van der Waals surface area contributed by atoms with E-state index in [4.69, 9.17) is 0 Å². The summed E-state index contributed by atoms with van der Waals surface area (Å²) in [5.74, 6) is 1.37. The number of para-hydroxylation sites is 4. The van der Waals surface area contributed by atoms with Gasteiger partial charge in [0, 0.05) is 0 Å². The topological polar surface area (TPSA) is 110 Å². The molecule has 0 aliphatic heterocycles. The van der Waals surface area contributed by atoms with Gasteiger partial charge in [-0.1, -0.05) is 24.3 Å². The summed E-state index contributed by atoms with van der Waals surface area (Å²) >= 11 is 1.66. The highest BCUT2D eigenvalue weighted by Crippen LogP contribution is 2.23. The quantitative estimate of drug-likeness (QED) is 0.416. The van der Waals surface area contributed by atoms with E-state index in [1.165, 1.54) is 12.5 Å². The average molecular weight is 446 g/mol. The van der Waals surface area contributed by atoms with Gasteiger partial charge in [0.1, 0.15) is 17.8 Å². The van der Waals surface area contributed by atoms with Crippen LogP contribution >= 0.6 is 11.8 Å². The number of aromatic nitrogens is 6. The van der Waals surface area contributed by atoms with Crippen molar-refractivity contribution < 1.29 is 4.79 Å². The molecule has 3 aromatic heterocycles. The molecule has 0 fully saturated rings. The third-order valence-corrected chi connectivity index (χ3v) is 5.63. The van der Waals surface area contributed by atoms with Crippen molar-refractivity contribution >= 4 is 45.4 Å². The van der Waals surface area contributed by atoms with Crippen molar-refractivity contribution in [3.05, 3.63) is 77.2 Å². The van der Waals surface area contributed by atoms with Crippen LogP contribution in [0.25, 0.3) is 27.8 Å². The van der Waals surface area contributed by atoms with E-state index >= 15 is 0 Å². The van der Waals surface area contributed by atoms with Crippen LogP contribution in [0.15, 0.2) is 65.8 Å². The summed E-state index contributed by atoms with van der Waals surface area (Å²) in [5.41, 5.74) is 3.12. The summed E-state index contributed by atoms with van der Waals surface area (Å²) in [6, 6.07) is 15.1. The lowest BCUT2D eigenvalue weighted by Crippen LogP contribution is -2.21. The standard InChI is InChI=1S/C22H19N7O2S/c1-32-12-19-26-15-6-2-4-8-17(15)28(19)11-20(30)27-16-7-3-5-9-18(16)29-21-14(10-25-29)22(31)24-13-23-21/h2-10,13H,11-12H2,1H3,(H,27,30)(H,23,24,31). The van der Waals surface area contributed by atoms with Crippen LogP contribution in [0.3, 0.4) is 0 Å². The molecule has 0 bridgehead atoms. The molecular weight excluding hydrogens is 426 g/mol. The highest BCUT2D eigenvalue weighted by Gasteiger charge is 2.16. The Morgan fingerprint density at radius 3 is 2.84 bits per heavy atom. The van der Waals surface area contributed by atoms with Gasteiger partial charge in [-0.25, -0.2) is 14.6 Å². The van der Waals surface area contributed by atoms with Crippen molar-refractivity contribution in [1.82, 2.24) is 29.3 Å². The molecule has 160 valence electrons. The van der Waals surface area contributed by atoms with E-state index in [1.54, 1.807) is 22.5 Å². The molecule has 0 aliphatic rings. The molecule has 10 heteroatoms. The van der Waals surface area contributed by atoms with Crippen LogP contribution < -0.4 is 10.9 Å². The van der Waals surface area contributed by atoms with E-state index in [2.05, 4.69) is 25.4 Å². The molecule has 9 nitrogen and oxygen atoms in total. The Labute approximate surface area is 186 Å². The zero-order valence-corrected chi connectivity index (χ0v) is 18.0. The van der Waals surface area contributed by atoms with Gasteiger partial charge < -0.3 is 14.9 Å². The maximum absolute atomic E-state index is 13.1. The van der Waals surface area contributed by atoms with Gasteiger partial charge in [0.25, 0.3) is 5.56 Å². The van der Waals surface area contributed by atoms with E-state index in [0.717, 1.165) is 16.9 Å². The first-order chi connectivity index (χ1) is 15.7. The number of aromatic amines is 1. The molecule has 0 spiro atoms. The van der Waals surface area contributed by atoms with Gasteiger partial charge in [0.2, 0.25) is 5.91 Å². The minimum atomic E-state index is -0.268. The summed E-state index contributed by atoms with van der Waals surface area (Å²) in [5, 5.41) is 7.67. The van der Waals surface area contributed by atoms with Crippen LogP contribution in [-0.4, -0.2) is 41.5 Å². The van der Waals surface area contributed by atoms with Crippen LogP contribution in [0.2, 0.25) is 0 Å². The minimum absolute atomic E-state index is 0.127. The first-order valence-electron chi connectivity index (χ1n) is 9.89. The zero-order valence-electron chi connectivity index (χ0n) is 17.1. The molecule has 2 aromatic carbocycles. The lowest BCUT2D eigenvalue weighted by Gasteiger charge is -2.13. The highest BCUT2D eigenvalue weighted by molar-refractivity contribution is 7.97. The van der Waals surface area contributed by atoms with Crippen LogP contribution in [0, 0.1) is 0 Å². The molecule has 0 saturated heterocycles. The van der Waals surface area contributed by atoms with Crippen LogP contribution in [-0.2, 0) is 17.1 Å². The van der Waals surface area contributed by atoms with Crippen molar-refractivity contribution in [2.45, 2.75) is 12.3 Å². The lowest BCUT2D eigenvalue weighted by molar-refractivity contribution is -0.116. The molecule has 2 N–H and O–H groups in total. The molecule has 5 rings (SSSR count). The van der Waals surface area contributed by atoms with Gasteiger partial charge in [-0.3, -0.25) is 9.59 Å². The van der Waals surface area contributed by atoms with Gasteiger partial charge in [0.15, 0.2) is 5.65 Å². The number of hydrogen-bond acceptors (Lipinski definition) is 6. The minimum Gasteiger partial charge on any atom is -0.323 e. The summed E-state index contributed by atoms with van der Waals surface area (Å²) in [6.45, 7) is 0.127. The molecule has 0 saturated carbocycles. The Bertz CT molecular complexity index is 1500. The van der Waals surface area contributed by atoms with Crippen LogP contribution in [0.5, 0.6) is 0 Å². The molecule has 5 aromatic rings. The fraction of sp³-hybridized carbons (Fsp3) is 0.136. The number of fused-ring (bicyclic) bond motifs is 2. The van der Waals surface area contributed by atoms with Crippen molar-refractivity contribution in [2.75, 3.05) is 11.6 Å². The summed E-state index contributed by atoms with van der Waals surface area (Å²) < 4.78 is 3.49. The molecule has 0 radical (unpaired) electrons. The number of nitrogens with one attached hydrogen (secondary N) is 2. The molecule has 0 unspecified atom stereocenters. The molecule has 0 aliphatic carbocycles. The molecular formula is C22H19N7O2S. The lowest BCUT2D eigenvalue weighted by atomic mass is 10.2. The number of carbonyl (C=O) groups excluding carboxylic acids is 1. The Morgan fingerprint density at radius 2 is 1.97 bits per heavy atom. The number of H-pyrrole nitrogens is 1. The van der Waals surface area contributed by atoms with Gasteiger partial charge >= 0.3 is 0 Å². The third-order valence-electron chi connectivity index (χ3n) is 5.09. The monoisotopic (exact) mass is 445 g/mol. The largest absolute Gasteiger partial charge is 0.323 e. The Kier molecular flexibility index (Phi) is 5.20. The molecule has 3 heterocycles. The van der Waals surface area contributed by atoms with Gasteiger partial charge in [-0.05, 0) is 30.5 Å². The summed E-state index contributed by atoms with van der Waals surface area (Å²) in [6.07, 6.45) is 4.81. The van der Waals surface area contributed by atoms with Gasteiger partial charge in [-0.2, -0.15) is 16.9 Å². The highest BCUT2D eigenvalue weighted by atomic mass is 32.2. The SMILES string of the molecule is CSCc1nc2ccccc2n1CC(=O)Nc1ccccc1-n1ncc2c(=O)[nH]cnc21. The van der Waals surface area contributed by atoms with E-state index in [-0.39, 0.29) is 18.0 Å². The van der Waals surface area contributed by atoms with Gasteiger partial charge in [-0.15, -0.1) is 0 Å². The second-order valence-electron chi connectivity index (χ2n) is 7.13. The van der Waals surface area contributed by atoms with E-state index in [1.807, 2.05) is 53.3 Å². The van der Waals surface area contributed by atoms with Crippen molar-refractivity contribution in [2.24, 2.45) is 0 Å². The number of nitrogens with zero attached hydrogens (tertiary/aromatic N) is 5. The second-order valence-corrected chi connectivity index (χ2v) is 7.99. The number of benzene rings is 2. The second kappa shape index (κ2) is 8.31. The van der Waals surface area contributed by atoms with Crippen LogP contribution in [0.4, 0.5) is 5.69 Å². The number of thioether (sulfide) groups is 1. The Balaban J connectivity index is 1.48. The number of amides is 1. The number of anilines is 1. The fourth-order valence-electron chi connectivity index (χ4n) is 3.67. The summed E-state index contributed by atoms with van der Waals surface area (Å²) in [7, 11) is 0.